The quantitative estimate of drug-likeness (QED) is 0.706. The highest BCUT2D eigenvalue weighted by Gasteiger charge is 2.19. The molecule has 3 N–H and O–H groups in total. The molecule has 0 unspecified atom stereocenters. The zero-order valence-electron chi connectivity index (χ0n) is 12.5. The van der Waals surface area contributed by atoms with Crippen LogP contribution in [0.3, 0.4) is 0 Å². The standard InChI is InChI=1S/C15H21N3O3/c1-10(18-15(21)11(2)17-12(3)19)14(20)16-9-13-7-5-4-6-8-13/h4-8,10-11H,9H2,1-3H3,(H,16,20)(H,17,19)(H,18,21)/t10-,11-/m0/s1. The number of carbonyl (C=O) groups excluding carboxylic acids is 3. The molecular formula is C15H21N3O3. The molecule has 1 rings (SSSR count). The van der Waals surface area contributed by atoms with Gasteiger partial charge in [0.25, 0.3) is 0 Å². The Morgan fingerprint density at radius 3 is 2.10 bits per heavy atom. The van der Waals surface area contributed by atoms with Gasteiger partial charge in [-0.05, 0) is 19.4 Å². The van der Waals surface area contributed by atoms with E-state index in [1.807, 2.05) is 30.3 Å². The molecular weight excluding hydrogens is 270 g/mol. The van der Waals surface area contributed by atoms with Crippen molar-refractivity contribution in [1.29, 1.82) is 0 Å². The van der Waals surface area contributed by atoms with Crippen LogP contribution < -0.4 is 16.0 Å². The molecule has 21 heavy (non-hydrogen) atoms. The number of benzene rings is 1. The highest BCUT2D eigenvalue weighted by atomic mass is 16.2. The van der Waals surface area contributed by atoms with Crippen LogP contribution in [0.25, 0.3) is 0 Å². The average molecular weight is 291 g/mol. The summed E-state index contributed by atoms with van der Waals surface area (Å²) < 4.78 is 0. The lowest BCUT2D eigenvalue weighted by Gasteiger charge is -2.17. The van der Waals surface area contributed by atoms with Crippen molar-refractivity contribution in [1.82, 2.24) is 16.0 Å². The predicted octanol–water partition coefficient (Wildman–Crippen LogP) is 0.332. The molecule has 3 amide bonds. The molecule has 1 aromatic rings. The molecule has 6 heteroatoms. The first-order valence-electron chi connectivity index (χ1n) is 6.79. The van der Waals surface area contributed by atoms with E-state index in [1.54, 1.807) is 13.8 Å². The first-order chi connectivity index (χ1) is 9.90. The minimum Gasteiger partial charge on any atom is -0.350 e. The van der Waals surface area contributed by atoms with Crippen molar-refractivity contribution < 1.29 is 14.4 Å². The molecule has 2 atom stereocenters. The lowest BCUT2D eigenvalue weighted by Crippen LogP contribution is -2.51. The van der Waals surface area contributed by atoms with E-state index in [4.69, 9.17) is 0 Å². The summed E-state index contributed by atoms with van der Waals surface area (Å²) in [7, 11) is 0. The van der Waals surface area contributed by atoms with Crippen molar-refractivity contribution in [3.8, 4) is 0 Å². The Bertz CT molecular complexity index is 502. The first kappa shape index (κ1) is 16.7. The molecule has 6 nitrogen and oxygen atoms in total. The molecule has 114 valence electrons. The Morgan fingerprint density at radius 1 is 0.952 bits per heavy atom. The molecule has 0 aliphatic heterocycles. The maximum absolute atomic E-state index is 11.9. The zero-order valence-corrected chi connectivity index (χ0v) is 12.5. The normalized spacial score (nSPS) is 12.9. The van der Waals surface area contributed by atoms with Gasteiger partial charge in [0.15, 0.2) is 0 Å². The number of carbonyl (C=O) groups is 3. The van der Waals surface area contributed by atoms with Gasteiger partial charge >= 0.3 is 0 Å². The largest absolute Gasteiger partial charge is 0.350 e. The van der Waals surface area contributed by atoms with E-state index in [-0.39, 0.29) is 11.8 Å². The predicted molar refractivity (Wildman–Crippen MR) is 79.2 cm³/mol. The van der Waals surface area contributed by atoms with E-state index < -0.39 is 18.0 Å². The van der Waals surface area contributed by atoms with Crippen molar-refractivity contribution in [2.45, 2.75) is 39.4 Å². The van der Waals surface area contributed by atoms with Gasteiger partial charge in [-0.1, -0.05) is 30.3 Å². The Hall–Kier alpha value is -2.37. The molecule has 0 saturated carbocycles. The van der Waals surface area contributed by atoms with E-state index in [2.05, 4.69) is 16.0 Å². The van der Waals surface area contributed by atoms with Gasteiger partial charge in [-0.2, -0.15) is 0 Å². The van der Waals surface area contributed by atoms with Gasteiger partial charge in [-0.15, -0.1) is 0 Å². The number of hydrogen-bond acceptors (Lipinski definition) is 3. The minimum atomic E-state index is -0.674. The summed E-state index contributed by atoms with van der Waals surface area (Å²) in [4.78, 5) is 34.5. The Morgan fingerprint density at radius 2 is 1.52 bits per heavy atom. The zero-order chi connectivity index (χ0) is 15.8. The van der Waals surface area contributed by atoms with Crippen molar-refractivity contribution in [3.63, 3.8) is 0 Å². The van der Waals surface area contributed by atoms with Crippen molar-refractivity contribution in [2.75, 3.05) is 0 Å². The Kier molecular flexibility index (Phi) is 6.39. The van der Waals surface area contributed by atoms with Crippen LogP contribution in [0.2, 0.25) is 0 Å². The van der Waals surface area contributed by atoms with Gasteiger partial charge in [0.2, 0.25) is 17.7 Å². The summed E-state index contributed by atoms with van der Waals surface area (Å²) in [5.41, 5.74) is 0.982. The molecule has 1 aromatic carbocycles. The highest BCUT2D eigenvalue weighted by molar-refractivity contribution is 5.91. The summed E-state index contributed by atoms with van der Waals surface area (Å²) in [5.74, 6) is -0.964. The molecule has 0 aliphatic carbocycles. The van der Waals surface area contributed by atoms with Gasteiger partial charge < -0.3 is 16.0 Å². The number of nitrogens with one attached hydrogen (secondary N) is 3. The van der Waals surface area contributed by atoms with Crippen molar-refractivity contribution >= 4 is 17.7 Å². The molecule has 0 saturated heterocycles. The first-order valence-corrected chi connectivity index (χ1v) is 6.79. The lowest BCUT2D eigenvalue weighted by atomic mass is 10.2. The van der Waals surface area contributed by atoms with Crippen LogP contribution in [-0.2, 0) is 20.9 Å². The van der Waals surface area contributed by atoms with Gasteiger partial charge in [-0.25, -0.2) is 0 Å². The van der Waals surface area contributed by atoms with E-state index >= 15 is 0 Å². The van der Waals surface area contributed by atoms with Crippen LogP contribution in [0.5, 0.6) is 0 Å². The average Bonchev–Trinajstić information content (AvgIpc) is 2.44. The SMILES string of the molecule is CC(=O)N[C@@H](C)C(=O)N[C@@H](C)C(=O)NCc1ccccc1. The molecule has 0 fully saturated rings. The summed E-state index contributed by atoms with van der Waals surface area (Å²) in [6.07, 6.45) is 0. The monoisotopic (exact) mass is 291 g/mol. The molecule has 0 heterocycles. The Labute approximate surface area is 124 Å². The molecule has 0 spiro atoms. The van der Waals surface area contributed by atoms with Crippen LogP contribution in [0.15, 0.2) is 30.3 Å². The van der Waals surface area contributed by atoms with Crippen LogP contribution in [0, 0.1) is 0 Å². The second-order valence-electron chi connectivity index (χ2n) is 4.86. The van der Waals surface area contributed by atoms with E-state index in [0.29, 0.717) is 6.54 Å². The summed E-state index contributed by atoms with van der Waals surface area (Å²) >= 11 is 0. The fraction of sp³-hybridized carbons (Fsp3) is 0.400. The second-order valence-corrected chi connectivity index (χ2v) is 4.86. The fourth-order valence-electron chi connectivity index (χ4n) is 1.71. The molecule has 0 aliphatic rings. The Balaban J connectivity index is 2.40. The highest BCUT2D eigenvalue weighted by Crippen LogP contribution is 1.97. The second kappa shape index (κ2) is 8.04. The molecule has 0 radical (unpaired) electrons. The smallest absolute Gasteiger partial charge is 0.242 e. The van der Waals surface area contributed by atoms with Crippen molar-refractivity contribution in [2.24, 2.45) is 0 Å². The third kappa shape index (κ3) is 6.07. The number of rotatable bonds is 6. The third-order valence-electron chi connectivity index (χ3n) is 2.87. The summed E-state index contributed by atoms with van der Waals surface area (Å²) in [5, 5.41) is 7.76. The molecule has 0 bridgehead atoms. The lowest BCUT2D eigenvalue weighted by molar-refractivity contribution is -0.131. The van der Waals surface area contributed by atoms with Crippen LogP contribution in [-0.4, -0.2) is 29.8 Å². The van der Waals surface area contributed by atoms with Crippen LogP contribution >= 0.6 is 0 Å². The number of hydrogen-bond donors (Lipinski definition) is 3. The van der Waals surface area contributed by atoms with Crippen LogP contribution in [0.4, 0.5) is 0 Å². The number of amides is 3. The van der Waals surface area contributed by atoms with E-state index in [9.17, 15) is 14.4 Å². The van der Waals surface area contributed by atoms with Gasteiger partial charge in [0.05, 0.1) is 0 Å². The molecule has 0 aromatic heterocycles. The third-order valence-corrected chi connectivity index (χ3v) is 2.87. The van der Waals surface area contributed by atoms with Gasteiger partial charge in [0, 0.05) is 13.5 Å². The van der Waals surface area contributed by atoms with Gasteiger partial charge in [0.1, 0.15) is 12.1 Å². The topological polar surface area (TPSA) is 87.3 Å². The van der Waals surface area contributed by atoms with E-state index in [1.165, 1.54) is 6.92 Å². The maximum atomic E-state index is 11.9. The minimum absolute atomic E-state index is 0.276. The fourth-order valence-corrected chi connectivity index (χ4v) is 1.71. The summed E-state index contributed by atoms with van der Waals surface area (Å²) in [6, 6.07) is 8.15. The van der Waals surface area contributed by atoms with Crippen molar-refractivity contribution in [3.05, 3.63) is 35.9 Å². The summed E-state index contributed by atoms with van der Waals surface area (Å²) in [6.45, 7) is 4.89. The maximum Gasteiger partial charge on any atom is 0.242 e. The van der Waals surface area contributed by atoms with Crippen LogP contribution in [0.1, 0.15) is 26.3 Å². The van der Waals surface area contributed by atoms with Gasteiger partial charge in [-0.3, -0.25) is 14.4 Å². The van der Waals surface area contributed by atoms with E-state index in [0.717, 1.165) is 5.56 Å².